The highest BCUT2D eigenvalue weighted by Crippen LogP contribution is 2.29. The largest absolute Gasteiger partial charge is 0.482 e. The van der Waals surface area contributed by atoms with Gasteiger partial charge in [0, 0.05) is 37.4 Å². The molecule has 2 amide bonds. The summed E-state index contributed by atoms with van der Waals surface area (Å²) in [6.07, 6.45) is 0. The summed E-state index contributed by atoms with van der Waals surface area (Å²) in [5.74, 6) is -0.251. The number of hydrogen-bond donors (Lipinski definition) is 2. The van der Waals surface area contributed by atoms with E-state index in [1.807, 2.05) is 7.05 Å². The van der Waals surface area contributed by atoms with Crippen LogP contribution in [0.5, 0.6) is 5.75 Å². The van der Waals surface area contributed by atoms with Crippen molar-refractivity contribution in [1.82, 2.24) is 9.21 Å². The Morgan fingerprint density at radius 2 is 1.87 bits per heavy atom. The summed E-state index contributed by atoms with van der Waals surface area (Å²) in [7, 11) is -1.67. The number of sulfonamides is 1. The van der Waals surface area contributed by atoms with E-state index in [4.69, 9.17) is 4.74 Å². The maximum atomic E-state index is 12.9. The van der Waals surface area contributed by atoms with Crippen LogP contribution >= 0.6 is 0 Å². The van der Waals surface area contributed by atoms with Crippen molar-refractivity contribution in [2.75, 3.05) is 50.5 Å². The van der Waals surface area contributed by atoms with Gasteiger partial charge in [0.25, 0.3) is 11.8 Å². The highest BCUT2D eigenvalue weighted by Gasteiger charge is 2.27. The number of carbonyl (C=O) groups excluding carboxylic acids is 2. The summed E-state index contributed by atoms with van der Waals surface area (Å²) in [4.78, 5) is 26.2. The number of likely N-dealkylation sites (N-methyl/N-ethyl adjacent to an activating group) is 1. The minimum Gasteiger partial charge on any atom is -0.482 e. The first kappa shape index (κ1) is 20.3. The summed E-state index contributed by atoms with van der Waals surface area (Å²) in [6, 6.07) is 10.9. The number of piperazine rings is 1. The predicted octanol–water partition coefficient (Wildman–Crippen LogP) is 1.21. The highest BCUT2D eigenvalue weighted by molar-refractivity contribution is 7.89. The molecule has 0 spiro atoms. The Bertz CT molecular complexity index is 1090. The molecule has 30 heavy (non-hydrogen) atoms. The third kappa shape index (κ3) is 4.16. The number of ether oxygens (including phenoxy) is 1. The van der Waals surface area contributed by atoms with E-state index < -0.39 is 15.9 Å². The molecule has 158 valence electrons. The van der Waals surface area contributed by atoms with Crippen LogP contribution in [0.1, 0.15) is 10.4 Å². The van der Waals surface area contributed by atoms with Crippen LogP contribution in [0.4, 0.5) is 11.4 Å². The number of amides is 2. The summed E-state index contributed by atoms with van der Waals surface area (Å²) in [5, 5.41) is 5.39. The van der Waals surface area contributed by atoms with E-state index in [0.717, 1.165) is 0 Å². The molecule has 4 rings (SSSR count). The van der Waals surface area contributed by atoms with Gasteiger partial charge < -0.3 is 20.3 Å². The second-order valence-corrected chi connectivity index (χ2v) is 9.18. The maximum absolute atomic E-state index is 12.9. The molecule has 1 saturated heterocycles. The Balaban J connectivity index is 1.51. The van der Waals surface area contributed by atoms with Gasteiger partial charge in [0.2, 0.25) is 10.0 Å². The van der Waals surface area contributed by atoms with Crippen LogP contribution in [-0.2, 0) is 14.8 Å². The van der Waals surface area contributed by atoms with E-state index in [2.05, 4.69) is 15.5 Å². The average molecular weight is 430 g/mol. The van der Waals surface area contributed by atoms with Gasteiger partial charge in [-0.05, 0) is 43.4 Å². The molecule has 10 heteroatoms. The standard InChI is InChI=1S/C20H22N4O5S/c1-23-7-9-24(10-8-23)30(27,28)16-4-2-3-15(12-16)21-20(26)14-5-6-17-18(11-14)29-13-19(25)22-17/h2-6,11-12H,7-10,13H2,1H3,(H,21,26)(H,22,25). The van der Waals surface area contributed by atoms with Gasteiger partial charge in [-0.1, -0.05) is 6.07 Å². The molecular formula is C20H22N4O5S. The number of carbonyl (C=O) groups is 2. The van der Waals surface area contributed by atoms with E-state index in [1.165, 1.54) is 22.5 Å². The molecule has 0 saturated carbocycles. The van der Waals surface area contributed by atoms with Crippen molar-refractivity contribution in [2.45, 2.75) is 4.90 Å². The summed E-state index contributed by atoms with van der Waals surface area (Å²) in [6.45, 7) is 2.11. The molecule has 2 aliphatic heterocycles. The minimum atomic E-state index is -3.63. The number of fused-ring (bicyclic) bond motifs is 1. The molecule has 0 unspecified atom stereocenters. The van der Waals surface area contributed by atoms with E-state index in [0.29, 0.717) is 48.9 Å². The second kappa shape index (κ2) is 8.05. The van der Waals surface area contributed by atoms with Crippen LogP contribution in [0, 0.1) is 0 Å². The molecule has 2 N–H and O–H groups in total. The fourth-order valence-electron chi connectivity index (χ4n) is 3.33. The van der Waals surface area contributed by atoms with Gasteiger partial charge in [0.05, 0.1) is 10.6 Å². The Kier molecular flexibility index (Phi) is 5.46. The minimum absolute atomic E-state index is 0.107. The monoisotopic (exact) mass is 430 g/mol. The molecule has 0 bridgehead atoms. The van der Waals surface area contributed by atoms with Gasteiger partial charge in [0.15, 0.2) is 6.61 Å². The quantitative estimate of drug-likeness (QED) is 0.755. The first-order chi connectivity index (χ1) is 14.3. The third-order valence-electron chi connectivity index (χ3n) is 5.07. The number of rotatable bonds is 4. The van der Waals surface area contributed by atoms with Gasteiger partial charge >= 0.3 is 0 Å². The zero-order valence-corrected chi connectivity index (χ0v) is 17.2. The zero-order chi connectivity index (χ0) is 21.3. The molecule has 0 radical (unpaired) electrons. The fraction of sp³-hybridized carbons (Fsp3) is 0.300. The predicted molar refractivity (Wildman–Crippen MR) is 111 cm³/mol. The van der Waals surface area contributed by atoms with E-state index >= 15 is 0 Å². The summed E-state index contributed by atoms with van der Waals surface area (Å²) < 4.78 is 32.7. The highest BCUT2D eigenvalue weighted by atomic mass is 32.2. The number of hydrogen-bond acceptors (Lipinski definition) is 6. The Morgan fingerprint density at radius 3 is 2.63 bits per heavy atom. The van der Waals surface area contributed by atoms with Crippen molar-refractivity contribution in [1.29, 1.82) is 0 Å². The van der Waals surface area contributed by atoms with Crippen LogP contribution in [0.25, 0.3) is 0 Å². The molecule has 0 aliphatic carbocycles. The number of nitrogens with one attached hydrogen (secondary N) is 2. The maximum Gasteiger partial charge on any atom is 0.262 e. The first-order valence-electron chi connectivity index (χ1n) is 9.50. The van der Waals surface area contributed by atoms with Gasteiger partial charge in [-0.15, -0.1) is 0 Å². The topological polar surface area (TPSA) is 108 Å². The smallest absolute Gasteiger partial charge is 0.262 e. The van der Waals surface area contributed by atoms with E-state index in [-0.39, 0.29) is 17.4 Å². The fourth-order valence-corrected chi connectivity index (χ4v) is 4.80. The van der Waals surface area contributed by atoms with Crippen molar-refractivity contribution in [2.24, 2.45) is 0 Å². The Labute approximate surface area is 174 Å². The van der Waals surface area contributed by atoms with Crippen molar-refractivity contribution >= 4 is 33.2 Å². The lowest BCUT2D eigenvalue weighted by atomic mass is 10.1. The molecule has 9 nitrogen and oxygen atoms in total. The molecule has 2 aromatic rings. The van der Waals surface area contributed by atoms with Crippen molar-refractivity contribution in [3.05, 3.63) is 48.0 Å². The molecule has 0 aromatic heterocycles. The Hall–Kier alpha value is -2.95. The van der Waals surface area contributed by atoms with E-state index in [1.54, 1.807) is 24.3 Å². The van der Waals surface area contributed by atoms with E-state index in [9.17, 15) is 18.0 Å². The molecule has 2 aromatic carbocycles. The normalized spacial score (nSPS) is 17.6. The molecule has 1 fully saturated rings. The molecular weight excluding hydrogens is 408 g/mol. The van der Waals surface area contributed by atoms with Gasteiger partial charge in [-0.2, -0.15) is 4.31 Å². The lowest BCUT2D eigenvalue weighted by molar-refractivity contribution is -0.118. The summed E-state index contributed by atoms with van der Waals surface area (Å²) >= 11 is 0. The van der Waals surface area contributed by atoms with Gasteiger partial charge in [-0.3, -0.25) is 9.59 Å². The number of benzene rings is 2. The molecule has 0 atom stereocenters. The molecule has 2 heterocycles. The lowest BCUT2D eigenvalue weighted by Crippen LogP contribution is -2.47. The zero-order valence-electron chi connectivity index (χ0n) is 16.4. The van der Waals surface area contributed by atoms with Gasteiger partial charge in [0.1, 0.15) is 5.75 Å². The lowest BCUT2D eigenvalue weighted by Gasteiger charge is -2.31. The Morgan fingerprint density at radius 1 is 1.10 bits per heavy atom. The van der Waals surface area contributed by atoms with Crippen molar-refractivity contribution in [3.8, 4) is 5.75 Å². The SMILES string of the molecule is CN1CCN(S(=O)(=O)c2cccc(NC(=O)c3ccc4c(c3)OCC(=O)N4)c2)CC1. The third-order valence-corrected chi connectivity index (χ3v) is 6.96. The van der Waals surface area contributed by atoms with Crippen LogP contribution in [-0.4, -0.2) is 69.3 Å². The van der Waals surface area contributed by atoms with Crippen LogP contribution in [0.15, 0.2) is 47.4 Å². The first-order valence-corrected chi connectivity index (χ1v) is 10.9. The summed E-state index contributed by atoms with van der Waals surface area (Å²) in [5.41, 5.74) is 1.21. The average Bonchev–Trinajstić information content (AvgIpc) is 2.74. The van der Waals surface area contributed by atoms with Crippen LogP contribution in [0.2, 0.25) is 0 Å². The number of nitrogens with zero attached hydrogens (tertiary/aromatic N) is 2. The second-order valence-electron chi connectivity index (χ2n) is 7.24. The van der Waals surface area contributed by atoms with Crippen molar-refractivity contribution in [3.63, 3.8) is 0 Å². The van der Waals surface area contributed by atoms with Gasteiger partial charge in [-0.25, -0.2) is 8.42 Å². The van der Waals surface area contributed by atoms with Crippen LogP contribution < -0.4 is 15.4 Å². The molecule has 2 aliphatic rings. The number of anilines is 2. The van der Waals surface area contributed by atoms with Crippen molar-refractivity contribution < 1.29 is 22.7 Å². The van der Waals surface area contributed by atoms with Crippen LogP contribution in [0.3, 0.4) is 0 Å².